The summed E-state index contributed by atoms with van der Waals surface area (Å²) in [6.45, 7) is 2.95. The van der Waals surface area contributed by atoms with Gasteiger partial charge in [-0.3, -0.25) is 5.41 Å². The first-order valence-corrected chi connectivity index (χ1v) is 6.71. The van der Waals surface area contributed by atoms with Crippen molar-refractivity contribution in [3.63, 3.8) is 0 Å². The van der Waals surface area contributed by atoms with Crippen LogP contribution in [-0.4, -0.2) is 12.4 Å². The van der Waals surface area contributed by atoms with E-state index >= 15 is 0 Å². The Balaban J connectivity index is 2.12. The lowest BCUT2D eigenvalue weighted by Gasteiger charge is -2.08. The molecule has 0 fully saturated rings. The molecule has 0 heterocycles. The SMILES string of the molecule is CCCCCOc1ccc2cc(C(=N)N)ccc2c1. The Morgan fingerprint density at radius 2 is 1.84 bits per heavy atom. The molecule has 2 aromatic carbocycles. The predicted molar refractivity (Wildman–Crippen MR) is 80.0 cm³/mol. The first-order chi connectivity index (χ1) is 9.20. The first-order valence-electron chi connectivity index (χ1n) is 6.71. The highest BCUT2D eigenvalue weighted by atomic mass is 16.5. The Hall–Kier alpha value is -2.03. The third kappa shape index (κ3) is 3.47. The van der Waals surface area contributed by atoms with Crippen molar-refractivity contribution in [3.8, 4) is 5.75 Å². The number of hydrogen-bond acceptors (Lipinski definition) is 2. The normalized spacial score (nSPS) is 10.6. The van der Waals surface area contributed by atoms with Gasteiger partial charge in [0.2, 0.25) is 0 Å². The molecule has 19 heavy (non-hydrogen) atoms. The van der Waals surface area contributed by atoms with Crippen LogP contribution in [0.15, 0.2) is 36.4 Å². The second-order valence-corrected chi connectivity index (χ2v) is 4.69. The fourth-order valence-corrected chi connectivity index (χ4v) is 2.02. The molecule has 0 atom stereocenters. The van der Waals surface area contributed by atoms with Crippen LogP contribution in [0.3, 0.4) is 0 Å². The number of nitrogen functional groups attached to an aromatic ring is 1. The summed E-state index contributed by atoms with van der Waals surface area (Å²) in [7, 11) is 0. The average molecular weight is 256 g/mol. The topological polar surface area (TPSA) is 59.1 Å². The molecule has 0 aliphatic heterocycles. The molecule has 0 saturated heterocycles. The third-order valence-electron chi connectivity index (χ3n) is 3.14. The van der Waals surface area contributed by atoms with Crippen LogP contribution in [0.5, 0.6) is 5.75 Å². The van der Waals surface area contributed by atoms with Crippen molar-refractivity contribution in [2.75, 3.05) is 6.61 Å². The Kier molecular flexibility index (Phi) is 4.39. The van der Waals surface area contributed by atoms with Gasteiger partial charge in [-0.2, -0.15) is 0 Å². The minimum absolute atomic E-state index is 0.0989. The van der Waals surface area contributed by atoms with E-state index in [1.807, 2.05) is 36.4 Å². The summed E-state index contributed by atoms with van der Waals surface area (Å²) in [5.74, 6) is 1.00. The molecule has 3 heteroatoms. The Bertz CT molecular complexity index is 578. The van der Waals surface area contributed by atoms with Crippen LogP contribution >= 0.6 is 0 Å². The average Bonchev–Trinajstić information content (AvgIpc) is 2.43. The van der Waals surface area contributed by atoms with Crippen LogP contribution < -0.4 is 10.5 Å². The Morgan fingerprint density at radius 3 is 2.58 bits per heavy atom. The number of hydrogen-bond donors (Lipinski definition) is 2. The largest absolute Gasteiger partial charge is 0.494 e. The fraction of sp³-hybridized carbons (Fsp3) is 0.312. The van der Waals surface area contributed by atoms with Gasteiger partial charge in [0, 0.05) is 5.56 Å². The zero-order chi connectivity index (χ0) is 13.7. The van der Waals surface area contributed by atoms with Crippen molar-refractivity contribution in [3.05, 3.63) is 42.0 Å². The standard InChI is InChI=1S/C16H20N2O/c1-2-3-4-9-19-15-8-7-12-10-14(16(17)18)6-5-13(12)11-15/h5-8,10-11H,2-4,9H2,1H3,(H3,17,18). The molecule has 0 aliphatic carbocycles. The van der Waals surface area contributed by atoms with Crippen LogP contribution in [0.25, 0.3) is 10.8 Å². The van der Waals surface area contributed by atoms with Gasteiger partial charge in [-0.05, 0) is 35.4 Å². The molecule has 2 aromatic rings. The first kappa shape index (κ1) is 13.4. The quantitative estimate of drug-likeness (QED) is 0.470. The molecule has 2 rings (SSSR count). The number of benzene rings is 2. The zero-order valence-electron chi connectivity index (χ0n) is 11.3. The van der Waals surface area contributed by atoms with Gasteiger partial charge in [-0.15, -0.1) is 0 Å². The molecule has 0 amide bonds. The molecule has 0 spiro atoms. The molecule has 0 saturated carbocycles. The number of ether oxygens (including phenoxy) is 1. The van der Waals surface area contributed by atoms with E-state index in [9.17, 15) is 0 Å². The van der Waals surface area contributed by atoms with Crippen molar-refractivity contribution in [1.29, 1.82) is 5.41 Å². The highest BCUT2D eigenvalue weighted by molar-refractivity contribution is 5.99. The van der Waals surface area contributed by atoms with Gasteiger partial charge in [0.15, 0.2) is 0 Å². The number of nitrogens with one attached hydrogen (secondary N) is 1. The number of amidine groups is 1. The molecular weight excluding hydrogens is 236 g/mol. The summed E-state index contributed by atoms with van der Waals surface area (Å²) < 4.78 is 5.73. The minimum atomic E-state index is 0.0989. The molecule has 0 aromatic heterocycles. The van der Waals surface area contributed by atoms with Crippen LogP contribution in [0, 0.1) is 5.41 Å². The summed E-state index contributed by atoms with van der Waals surface area (Å²) in [6.07, 6.45) is 3.50. The number of fused-ring (bicyclic) bond motifs is 1. The van der Waals surface area contributed by atoms with E-state index in [1.165, 1.54) is 12.8 Å². The maximum absolute atomic E-state index is 7.44. The van der Waals surface area contributed by atoms with Crippen LogP contribution in [0.2, 0.25) is 0 Å². The van der Waals surface area contributed by atoms with Crippen LogP contribution in [0.1, 0.15) is 31.7 Å². The number of unbranched alkanes of at least 4 members (excludes halogenated alkanes) is 2. The lowest BCUT2D eigenvalue weighted by molar-refractivity contribution is 0.306. The molecule has 3 N–H and O–H groups in total. The zero-order valence-corrected chi connectivity index (χ0v) is 11.3. The lowest BCUT2D eigenvalue weighted by atomic mass is 10.1. The summed E-state index contributed by atoms with van der Waals surface area (Å²) in [6, 6.07) is 11.8. The van der Waals surface area contributed by atoms with Gasteiger partial charge in [-0.25, -0.2) is 0 Å². The van der Waals surface area contributed by atoms with Gasteiger partial charge in [0.1, 0.15) is 11.6 Å². The molecule has 3 nitrogen and oxygen atoms in total. The second-order valence-electron chi connectivity index (χ2n) is 4.69. The van der Waals surface area contributed by atoms with Crippen molar-refractivity contribution in [2.45, 2.75) is 26.2 Å². The van der Waals surface area contributed by atoms with Gasteiger partial charge in [-0.1, -0.05) is 38.0 Å². The Labute approximate surface area is 113 Å². The highest BCUT2D eigenvalue weighted by Gasteiger charge is 2.01. The van der Waals surface area contributed by atoms with E-state index in [0.29, 0.717) is 0 Å². The molecule has 0 unspecified atom stereocenters. The maximum Gasteiger partial charge on any atom is 0.122 e. The van der Waals surface area contributed by atoms with E-state index in [1.54, 1.807) is 0 Å². The van der Waals surface area contributed by atoms with E-state index in [-0.39, 0.29) is 5.84 Å². The second kappa shape index (κ2) is 6.23. The van der Waals surface area contributed by atoms with Gasteiger partial charge in [0.05, 0.1) is 6.61 Å². The van der Waals surface area contributed by atoms with Crippen LogP contribution in [0.4, 0.5) is 0 Å². The molecule has 0 aliphatic rings. The fourth-order valence-electron chi connectivity index (χ4n) is 2.02. The van der Waals surface area contributed by atoms with Gasteiger partial charge in [0.25, 0.3) is 0 Å². The Morgan fingerprint density at radius 1 is 1.11 bits per heavy atom. The molecule has 0 radical (unpaired) electrons. The summed E-state index contributed by atoms with van der Waals surface area (Å²) in [4.78, 5) is 0. The number of rotatable bonds is 6. The van der Waals surface area contributed by atoms with Crippen molar-refractivity contribution in [2.24, 2.45) is 5.73 Å². The highest BCUT2D eigenvalue weighted by Crippen LogP contribution is 2.22. The minimum Gasteiger partial charge on any atom is -0.494 e. The van der Waals surface area contributed by atoms with Crippen molar-refractivity contribution < 1.29 is 4.74 Å². The van der Waals surface area contributed by atoms with E-state index < -0.39 is 0 Å². The number of nitrogens with two attached hydrogens (primary N) is 1. The lowest BCUT2D eigenvalue weighted by Crippen LogP contribution is -2.10. The van der Waals surface area contributed by atoms with E-state index in [4.69, 9.17) is 15.9 Å². The molecule has 0 bridgehead atoms. The molecular formula is C16H20N2O. The van der Waals surface area contributed by atoms with Gasteiger partial charge >= 0.3 is 0 Å². The predicted octanol–water partition coefficient (Wildman–Crippen LogP) is 3.69. The summed E-state index contributed by atoms with van der Waals surface area (Å²) in [5, 5.41) is 9.62. The monoisotopic (exact) mass is 256 g/mol. The van der Waals surface area contributed by atoms with Crippen molar-refractivity contribution >= 4 is 16.6 Å². The van der Waals surface area contributed by atoms with Gasteiger partial charge < -0.3 is 10.5 Å². The van der Waals surface area contributed by atoms with E-state index in [2.05, 4.69) is 6.92 Å². The third-order valence-corrected chi connectivity index (χ3v) is 3.14. The summed E-state index contributed by atoms with van der Waals surface area (Å²) >= 11 is 0. The van der Waals surface area contributed by atoms with Crippen molar-refractivity contribution in [1.82, 2.24) is 0 Å². The van der Waals surface area contributed by atoms with E-state index in [0.717, 1.165) is 35.1 Å². The smallest absolute Gasteiger partial charge is 0.122 e. The van der Waals surface area contributed by atoms with Crippen LogP contribution in [-0.2, 0) is 0 Å². The summed E-state index contributed by atoms with van der Waals surface area (Å²) in [5.41, 5.74) is 6.24. The maximum atomic E-state index is 7.44. The molecule has 100 valence electrons.